The Hall–Kier alpha value is -2.44. The second kappa shape index (κ2) is 8.71. The van der Waals surface area contributed by atoms with Gasteiger partial charge in [-0.2, -0.15) is 0 Å². The van der Waals surface area contributed by atoms with Crippen LogP contribution in [-0.4, -0.2) is 49.7 Å². The van der Waals surface area contributed by atoms with E-state index >= 15 is 0 Å². The topological polar surface area (TPSA) is 44.8 Å². The first-order valence-electron chi connectivity index (χ1n) is 9.92. The minimum absolute atomic E-state index is 0.0189. The van der Waals surface area contributed by atoms with E-state index in [-0.39, 0.29) is 17.8 Å². The smallest absolute Gasteiger partial charge is 0.241 e. The van der Waals surface area contributed by atoms with Gasteiger partial charge in [-0.1, -0.05) is 30.3 Å². The lowest BCUT2D eigenvalue weighted by Gasteiger charge is -2.31. The van der Waals surface area contributed by atoms with Gasteiger partial charge in [0.05, 0.1) is 30.6 Å². The first-order chi connectivity index (χ1) is 13.7. The largest absolute Gasteiger partial charge is 0.378 e. The molecular formula is C22H26FN3O2. The molecule has 28 heavy (non-hydrogen) atoms. The average molecular weight is 383 g/mol. The number of anilines is 2. The van der Waals surface area contributed by atoms with E-state index < -0.39 is 0 Å². The number of hydrogen-bond acceptors (Lipinski definition) is 4. The van der Waals surface area contributed by atoms with Crippen LogP contribution in [0.15, 0.2) is 48.5 Å². The molecule has 148 valence electrons. The van der Waals surface area contributed by atoms with Gasteiger partial charge < -0.3 is 15.0 Å². The van der Waals surface area contributed by atoms with Gasteiger partial charge in [0.15, 0.2) is 0 Å². The Morgan fingerprint density at radius 3 is 2.64 bits per heavy atom. The lowest BCUT2D eigenvalue weighted by Crippen LogP contribution is -2.40. The molecule has 0 aliphatic carbocycles. The van der Waals surface area contributed by atoms with Crippen LogP contribution in [0.4, 0.5) is 15.8 Å². The summed E-state index contributed by atoms with van der Waals surface area (Å²) >= 11 is 0. The molecule has 2 aromatic rings. The van der Waals surface area contributed by atoms with E-state index in [1.54, 1.807) is 12.1 Å². The molecule has 1 amide bonds. The molecule has 0 saturated carbocycles. The normalized spacial score (nSPS) is 20.3. The van der Waals surface area contributed by atoms with Crippen LogP contribution in [0.25, 0.3) is 0 Å². The number of benzene rings is 2. The zero-order chi connectivity index (χ0) is 19.3. The fourth-order valence-corrected chi connectivity index (χ4v) is 4.03. The summed E-state index contributed by atoms with van der Waals surface area (Å²) in [5, 5.41) is 3.12. The highest BCUT2D eigenvalue weighted by atomic mass is 19.1. The van der Waals surface area contributed by atoms with Crippen molar-refractivity contribution >= 4 is 17.3 Å². The van der Waals surface area contributed by atoms with Crippen molar-refractivity contribution < 1.29 is 13.9 Å². The number of hydrogen-bond donors (Lipinski definition) is 1. The van der Waals surface area contributed by atoms with E-state index in [1.165, 1.54) is 6.07 Å². The lowest BCUT2D eigenvalue weighted by atomic mass is 10.1. The number of morpholine rings is 1. The molecule has 0 spiro atoms. The summed E-state index contributed by atoms with van der Waals surface area (Å²) in [6, 6.07) is 14.4. The van der Waals surface area contributed by atoms with Crippen LogP contribution in [0.1, 0.15) is 18.4 Å². The van der Waals surface area contributed by atoms with E-state index in [9.17, 15) is 9.18 Å². The van der Waals surface area contributed by atoms with E-state index in [4.69, 9.17) is 4.74 Å². The molecule has 6 heteroatoms. The van der Waals surface area contributed by atoms with E-state index in [0.717, 1.165) is 43.9 Å². The van der Waals surface area contributed by atoms with Crippen molar-refractivity contribution in [2.75, 3.05) is 43.1 Å². The summed E-state index contributed by atoms with van der Waals surface area (Å²) in [4.78, 5) is 17.4. The Morgan fingerprint density at radius 2 is 1.82 bits per heavy atom. The van der Waals surface area contributed by atoms with Crippen LogP contribution in [0.5, 0.6) is 0 Å². The Labute approximate surface area is 165 Å². The second-order valence-corrected chi connectivity index (χ2v) is 7.33. The number of nitrogens with one attached hydrogen (secondary N) is 1. The van der Waals surface area contributed by atoms with Gasteiger partial charge in [0.1, 0.15) is 5.82 Å². The highest BCUT2D eigenvalue weighted by molar-refractivity contribution is 5.97. The zero-order valence-electron chi connectivity index (χ0n) is 15.9. The van der Waals surface area contributed by atoms with Crippen molar-refractivity contribution in [2.24, 2.45) is 0 Å². The Morgan fingerprint density at radius 1 is 1.07 bits per heavy atom. The number of rotatable bonds is 5. The maximum absolute atomic E-state index is 14.0. The monoisotopic (exact) mass is 383 g/mol. The zero-order valence-corrected chi connectivity index (χ0v) is 15.9. The third-order valence-electron chi connectivity index (χ3n) is 5.51. The predicted molar refractivity (Wildman–Crippen MR) is 108 cm³/mol. The van der Waals surface area contributed by atoms with E-state index in [0.29, 0.717) is 25.3 Å². The molecule has 1 N–H and O–H groups in total. The van der Waals surface area contributed by atoms with Gasteiger partial charge in [0.2, 0.25) is 5.91 Å². The number of likely N-dealkylation sites (tertiary alicyclic amines) is 1. The number of carbonyl (C=O) groups excluding carboxylic acids is 1. The summed E-state index contributed by atoms with van der Waals surface area (Å²) in [6.07, 6.45) is 1.73. The summed E-state index contributed by atoms with van der Waals surface area (Å²) in [5.74, 6) is -0.235. The number of nitrogens with zero attached hydrogens (tertiary/aromatic N) is 2. The van der Waals surface area contributed by atoms with Crippen molar-refractivity contribution in [1.82, 2.24) is 4.90 Å². The molecule has 1 atom stereocenters. The molecule has 0 aromatic heterocycles. The van der Waals surface area contributed by atoms with Crippen LogP contribution < -0.4 is 10.2 Å². The van der Waals surface area contributed by atoms with Gasteiger partial charge >= 0.3 is 0 Å². The first-order valence-corrected chi connectivity index (χ1v) is 9.92. The molecule has 5 nitrogen and oxygen atoms in total. The van der Waals surface area contributed by atoms with Gasteiger partial charge in [0.25, 0.3) is 0 Å². The van der Waals surface area contributed by atoms with Crippen molar-refractivity contribution in [2.45, 2.75) is 25.4 Å². The van der Waals surface area contributed by atoms with Crippen LogP contribution >= 0.6 is 0 Å². The third-order valence-corrected chi connectivity index (χ3v) is 5.51. The lowest BCUT2D eigenvalue weighted by molar-refractivity contribution is -0.120. The number of carbonyl (C=O) groups is 1. The van der Waals surface area contributed by atoms with Gasteiger partial charge in [0, 0.05) is 25.2 Å². The Kier molecular flexibility index (Phi) is 5.88. The standard InChI is InChI=1S/C22H26FN3O2/c23-18-7-2-1-6-17(18)16-26-11-5-10-21(26)22(27)24-19-8-3-4-9-20(19)25-12-14-28-15-13-25/h1-4,6-9,21H,5,10-16H2,(H,24,27). The highest BCUT2D eigenvalue weighted by Gasteiger charge is 2.31. The Bertz CT molecular complexity index is 823. The molecule has 2 aliphatic rings. The number of amides is 1. The van der Waals surface area contributed by atoms with E-state index in [1.807, 2.05) is 30.3 Å². The molecule has 2 aliphatic heterocycles. The van der Waals surface area contributed by atoms with Crippen molar-refractivity contribution in [1.29, 1.82) is 0 Å². The van der Waals surface area contributed by atoms with Crippen molar-refractivity contribution in [3.8, 4) is 0 Å². The SMILES string of the molecule is O=C(Nc1ccccc1N1CCOCC1)C1CCCN1Cc1ccccc1F. The second-order valence-electron chi connectivity index (χ2n) is 7.33. The van der Waals surface area contributed by atoms with Crippen LogP contribution in [0.2, 0.25) is 0 Å². The molecule has 2 aromatic carbocycles. The van der Waals surface area contributed by atoms with Gasteiger partial charge in [-0.3, -0.25) is 9.69 Å². The molecule has 1 unspecified atom stereocenters. The number of para-hydroxylation sites is 2. The average Bonchev–Trinajstić information content (AvgIpc) is 3.19. The summed E-state index contributed by atoms with van der Waals surface area (Å²) in [5.41, 5.74) is 2.49. The minimum Gasteiger partial charge on any atom is -0.378 e. The van der Waals surface area contributed by atoms with Gasteiger partial charge in [-0.25, -0.2) is 4.39 Å². The molecule has 0 radical (unpaired) electrons. The number of ether oxygens (including phenoxy) is 1. The molecule has 0 bridgehead atoms. The quantitative estimate of drug-likeness (QED) is 0.861. The minimum atomic E-state index is -0.239. The summed E-state index contributed by atoms with van der Waals surface area (Å²) in [6.45, 7) is 4.28. The highest BCUT2D eigenvalue weighted by Crippen LogP contribution is 2.28. The van der Waals surface area contributed by atoms with Crippen molar-refractivity contribution in [3.63, 3.8) is 0 Å². The predicted octanol–water partition coefficient (Wildman–Crippen LogP) is 3.27. The molecule has 2 heterocycles. The maximum atomic E-state index is 14.0. The first kappa shape index (κ1) is 18.9. The summed E-state index contributed by atoms with van der Waals surface area (Å²) < 4.78 is 19.5. The Balaban J connectivity index is 1.47. The fourth-order valence-electron chi connectivity index (χ4n) is 4.03. The van der Waals surface area contributed by atoms with Crippen LogP contribution in [0.3, 0.4) is 0 Å². The van der Waals surface area contributed by atoms with Crippen LogP contribution in [0, 0.1) is 5.82 Å². The molecule has 2 fully saturated rings. The molecule has 4 rings (SSSR count). The van der Waals surface area contributed by atoms with Gasteiger partial charge in [-0.15, -0.1) is 0 Å². The summed E-state index contributed by atoms with van der Waals surface area (Å²) in [7, 11) is 0. The van der Waals surface area contributed by atoms with Crippen molar-refractivity contribution in [3.05, 3.63) is 59.9 Å². The number of halogens is 1. The van der Waals surface area contributed by atoms with E-state index in [2.05, 4.69) is 15.1 Å². The van der Waals surface area contributed by atoms with Gasteiger partial charge in [-0.05, 0) is 37.6 Å². The fraction of sp³-hybridized carbons (Fsp3) is 0.409. The molecule has 2 saturated heterocycles. The third kappa shape index (κ3) is 4.18. The maximum Gasteiger partial charge on any atom is 0.241 e. The van der Waals surface area contributed by atoms with Crippen LogP contribution in [-0.2, 0) is 16.1 Å². The molecular weight excluding hydrogens is 357 g/mol.